The van der Waals surface area contributed by atoms with Crippen LogP contribution in [0.5, 0.6) is 0 Å². The predicted octanol–water partition coefficient (Wildman–Crippen LogP) is 3.21. The van der Waals surface area contributed by atoms with Crippen LogP contribution >= 0.6 is 11.3 Å². The van der Waals surface area contributed by atoms with Gasteiger partial charge in [0, 0.05) is 22.7 Å². The Balaban J connectivity index is 2.16. The molecular formula is C16H27NO2S. The van der Waals surface area contributed by atoms with Crippen LogP contribution in [0.4, 0.5) is 0 Å². The summed E-state index contributed by atoms with van der Waals surface area (Å²) in [5, 5.41) is 12.5. The summed E-state index contributed by atoms with van der Waals surface area (Å²) in [6.07, 6.45) is 2.72. The summed E-state index contributed by atoms with van der Waals surface area (Å²) in [6, 6.07) is 2.22. The van der Waals surface area contributed by atoms with Crippen LogP contribution in [0.25, 0.3) is 0 Å². The lowest BCUT2D eigenvalue weighted by Gasteiger charge is -2.14. The number of carbonyl (C=O) groups is 1. The molecule has 1 atom stereocenters. The van der Waals surface area contributed by atoms with Gasteiger partial charge in [0.2, 0.25) is 5.91 Å². The number of aliphatic hydroxyl groups is 1. The molecule has 2 N–H and O–H groups in total. The maximum Gasteiger partial charge on any atom is 0.220 e. The molecule has 3 nitrogen and oxygen atoms in total. The van der Waals surface area contributed by atoms with Crippen molar-refractivity contribution in [3.05, 3.63) is 21.4 Å². The molecule has 0 aliphatic heterocycles. The zero-order valence-corrected chi connectivity index (χ0v) is 13.8. The molecule has 0 aliphatic rings. The molecule has 20 heavy (non-hydrogen) atoms. The minimum absolute atomic E-state index is 0.0885. The minimum atomic E-state index is -0.327. The fourth-order valence-electron chi connectivity index (χ4n) is 2.15. The fraction of sp³-hybridized carbons (Fsp3) is 0.688. The molecule has 0 fully saturated rings. The highest BCUT2D eigenvalue weighted by Gasteiger charge is 2.09. The minimum Gasteiger partial charge on any atom is -0.393 e. The maximum absolute atomic E-state index is 11.7. The van der Waals surface area contributed by atoms with Gasteiger partial charge in [-0.05, 0) is 50.7 Å². The van der Waals surface area contributed by atoms with E-state index in [0.717, 1.165) is 12.8 Å². The van der Waals surface area contributed by atoms with Crippen molar-refractivity contribution >= 4 is 17.2 Å². The van der Waals surface area contributed by atoms with Crippen molar-refractivity contribution in [2.75, 3.05) is 6.54 Å². The van der Waals surface area contributed by atoms with Gasteiger partial charge in [-0.2, -0.15) is 0 Å². The standard InChI is InChI=1S/C16H27NO2S/c1-11(2)15(18)8-9-17-16(19)7-5-6-14-10-12(3)20-13(14)4/h10-11,15,18H,5-9H2,1-4H3,(H,17,19). The highest BCUT2D eigenvalue weighted by molar-refractivity contribution is 7.12. The number of carbonyl (C=O) groups excluding carboxylic acids is 1. The molecule has 1 unspecified atom stereocenters. The molecule has 0 spiro atoms. The molecule has 1 aromatic rings. The summed E-state index contributed by atoms with van der Waals surface area (Å²) < 4.78 is 0. The third-order valence-electron chi connectivity index (χ3n) is 3.53. The van der Waals surface area contributed by atoms with E-state index in [0.29, 0.717) is 19.4 Å². The molecular weight excluding hydrogens is 270 g/mol. The first kappa shape index (κ1) is 17.2. The average Bonchev–Trinajstić information content (AvgIpc) is 2.67. The van der Waals surface area contributed by atoms with Crippen LogP contribution in [0.2, 0.25) is 0 Å². The monoisotopic (exact) mass is 297 g/mol. The van der Waals surface area contributed by atoms with Crippen LogP contribution in [0.15, 0.2) is 6.07 Å². The molecule has 0 aliphatic carbocycles. The van der Waals surface area contributed by atoms with Gasteiger partial charge in [-0.25, -0.2) is 0 Å². The first-order valence-corrected chi connectivity index (χ1v) is 8.22. The van der Waals surface area contributed by atoms with Crippen molar-refractivity contribution in [3.63, 3.8) is 0 Å². The molecule has 1 rings (SSSR count). The SMILES string of the molecule is Cc1cc(CCCC(=O)NCCC(O)C(C)C)c(C)s1. The molecule has 4 heteroatoms. The van der Waals surface area contributed by atoms with Crippen LogP contribution in [-0.2, 0) is 11.2 Å². The van der Waals surface area contributed by atoms with Gasteiger partial charge in [0.25, 0.3) is 0 Å². The van der Waals surface area contributed by atoms with Crippen LogP contribution in [-0.4, -0.2) is 23.7 Å². The van der Waals surface area contributed by atoms with Gasteiger partial charge in [-0.3, -0.25) is 4.79 Å². The van der Waals surface area contributed by atoms with Gasteiger partial charge < -0.3 is 10.4 Å². The van der Waals surface area contributed by atoms with Crippen LogP contribution in [0.3, 0.4) is 0 Å². The Morgan fingerprint density at radius 2 is 2.10 bits per heavy atom. The van der Waals surface area contributed by atoms with E-state index in [1.807, 2.05) is 25.2 Å². The number of aliphatic hydroxyl groups excluding tert-OH is 1. The second kappa shape index (κ2) is 8.42. The first-order valence-electron chi connectivity index (χ1n) is 7.40. The van der Waals surface area contributed by atoms with Crippen molar-refractivity contribution in [1.82, 2.24) is 5.32 Å². The predicted molar refractivity (Wildman–Crippen MR) is 85.2 cm³/mol. The number of thiophene rings is 1. The molecule has 0 bridgehead atoms. The summed E-state index contributed by atoms with van der Waals surface area (Å²) in [5.41, 5.74) is 1.37. The summed E-state index contributed by atoms with van der Waals surface area (Å²) in [7, 11) is 0. The molecule has 114 valence electrons. The number of aryl methyl sites for hydroxylation is 3. The van der Waals surface area contributed by atoms with Crippen LogP contribution < -0.4 is 5.32 Å². The molecule has 1 heterocycles. The lowest BCUT2D eigenvalue weighted by atomic mass is 10.0. The molecule has 0 aromatic carbocycles. The van der Waals surface area contributed by atoms with E-state index in [4.69, 9.17) is 0 Å². The topological polar surface area (TPSA) is 49.3 Å². The Bertz CT molecular complexity index is 426. The van der Waals surface area contributed by atoms with Crippen LogP contribution in [0, 0.1) is 19.8 Å². The van der Waals surface area contributed by atoms with E-state index in [1.54, 1.807) is 0 Å². The highest BCUT2D eigenvalue weighted by atomic mass is 32.1. The van der Waals surface area contributed by atoms with E-state index in [-0.39, 0.29) is 17.9 Å². The molecule has 0 saturated carbocycles. The number of amides is 1. The second-order valence-electron chi connectivity index (χ2n) is 5.74. The zero-order valence-electron chi connectivity index (χ0n) is 13.0. The Morgan fingerprint density at radius 1 is 1.40 bits per heavy atom. The van der Waals surface area contributed by atoms with Gasteiger partial charge in [-0.1, -0.05) is 13.8 Å². The molecule has 0 radical (unpaired) electrons. The Hall–Kier alpha value is -0.870. The number of hydrogen-bond donors (Lipinski definition) is 2. The lowest BCUT2D eigenvalue weighted by Crippen LogP contribution is -2.28. The Morgan fingerprint density at radius 3 is 2.65 bits per heavy atom. The second-order valence-corrected chi connectivity index (χ2v) is 7.20. The smallest absolute Gasteiger partial charge is 0.220 e. The number of nitrogens with one attached hydrogen (secondary N) is 1. The van der Waals surface area contributed by atoms with E-state index >= 15 is 0 Å². The summed E-state index contributed by atoms with van der Waals surface area (Å²) in [4.78, 5) is 14.4. The zero-order chi connectivity index (χ0) is 15.1. The number of rotatable bonds is 8. The third kappa shape index (κ3) is 6.06. The van der Waals surface area contributed by atoms with Gasteiger partial charge in [-0.15, -0.1) is 11.3 Å². The van der Waals surface area contributed by atoms with Crippen molar-refractivity contribution in [2.45, 2.75) is 59.5 Å². The Kier molecular flexibility index (Phi) is 7.24. The van der Waals surface area contributed by atoms with E-state index < -0.39 is 0 Å². The van der Waals surface area contributed by atoms with Crippen molar-refractivity contribution < 1.29 is 9.90 Å². The van der Waals surface area contributed by atoms with Crippen molar-refractivity contribution in [3.8, 4) is 0 Å². The number of hydrogen-bond acceptors (Lipinski definition) is 3. The summed E-state index contributed by atoms with van der Waals surface area (Å²) in [5.74, 6) is 0.335. The van der Waals surface area contributed by atoms with Crippen LogP contribution in [0.1, 0.15) is 48.4 Å². The van der Waals surface area contributed by atoms with Gasteiger partial charge in [0.15, 0.2) is 0 Å². The summed E-state index contributed by atoms with van der Waals surface area (Å²) in [6.45, 7) is 8.79. The summed E-state index contributed by atoms with van der Waals surface area (Å²) >= 11 is 1.82. The van der Waals surface area contributed by atoms with Gasteiger partial charge >= 0.3 is 0 Å². The maximum atomic E-state index is 11.7. The van der Waals surface area contributed by atoms with Gasteiger partial charge in [0.1, 0.15) is 0 Å². The molecule has 1 amide bonds. The van der Waals surface area contributed by atoms with E-state index in [9.17, 15) is 9.90 Å². The Labute approximate surface area is 126 Å². The fourth-order valence-corrected chi connectivity index (χ4v) is 3.13. The lowest BCUT2D eigenvalue weighted by molar-refractivity contribution is -0.121. The third-order valence-corrected chi connectivity index (χ3v) is 4.53. The van der Waals surface area contributed by atoms with Gasteiger partial charge in [0.05, 0.1) is 6.10 Å². The van der Waals surface area contributed by atoms with E-state index in [1.165, 1.54) is 15.3 Å². The first-order chi connectivity index (χ1) is 9.40. The average molecular weight is 297 g/mol. The van der Waals surface area contributed by atoms with Crippen molar-refractivity contribution in [1.29, 1.82) is 0 Å². The van der Waals surface area contributed by atoms with E-state index in [2.05, 4.69) is 25.2 Å². The largest absolute Gasteiger partial charge is 0.393 e. The highest BCUT2D eigenvalue weighted by Crippen LogP contribution is 2.22. The quantitative estimate of drug-likeness (QED) is 0.774. The molecule has 1 aromatic heterocycles. The van der Waals surface area contributed by atoms with Crippen molar-refractivity contribution in [2.24, 2.45) is 5.92 Å². The normalized spacial score (nSPS) is 12.7. The molecule has 0 saturated heterocycles.